The van der Waals surface area contributed by atoms with Crippen molar-refractivity contribution in [3.63, 3.8) is 0 Å². The average Bonchev–Trinajstić information content (AvgIpc) is 2.05. The molecule has 1 N–H and O–H groups in total. The predicted molar refractivity (Wildman–Crippen MR) is 52.5 cm³/mol. The molecule has 1 aromatic carbocycles. The number of aliphatic hydroxyl groups is 1. The first kappa shape index (κ1) is 9.72. The summed E-state index contributed by atoms with van der Waals surface area (Å²) >= 11 is 6.51. The molecule has 0 spiro atoms. The maximum absolute atomic E-state index is 8.87. The quantitative estimate of drug-likeness (QED) is 0.864. The summed E-state index contributed by atoms with van der Waals surface area (Å²) in [6, 6.07) is 5.42. The van der Waals surface area contributed by atoms with Crippen molar-refractivity contribution in [2.75, 3.05) is 0 Å². The minimum absolute atomic E-state index is 0.0669. The van der Waals surface area contributed by atoms with Gasteiger partial charge in [-0.1, -0.05) is 15.9 Å². The molecule has 1 aromatic rings. The molecule has 0 aliphatic carbocycles. The van der Waals surface area contributed by atoms with E-state index in [4.69, 9.17) is 10.4 Å². The summed E-state index contributed by atoms with van der Waals surface area (Å²) in [5.41, 5.74) is 1.25. The van der Waals surface area contributed by atoms with Crippen LogP contribution in [-0.2, 0) is 6.61 Å². The van der Waals surface area contributed by atoms with Gasteiger partial charge in [-0.05, 0) is 33.6 Å². The van der Waals surface area contributed by atoms with E-state index >= 15 is 0 Å². The summed E-state index contributed by atoms with van der Waals surface area (Å²) in [5.74, 6) is 0. The fourth-order valence-electron chi connectivity index (χ4n) is 0.801. The van der Waals surface area contributed by atoms with Crippen molar-refractivity contribution in [2.24, 2.45) is 0 Å². The van der Waals surface area contributed by atoms with Crippen molar-refractivity contribution in [3.8, 4) is 6.07 Å². The molecule has 0 saturated heterocycles. The maximum Gasteiger partial charge on any atom is 0.100 e. The van der Waals surface area contributed by atoms with Crippen LogP contribution in [0.25, 0.3) is 0 Å². The van der Waals surface area contributed by atoms with Gasteiger partial charge in [0.15, 0.2) is 0 Å². The molecule has 0 aromatic heterocycles. The van der Waals surface area contributed by atoms with Crippen LogP contribution in [0.5, 0.6) is 0 Å². The van der Waals surface area contributed by atoms with Crippen molar-refractivity contribution in [3.05, 3.63) is 32.2 Å². The Morgan fingerprint density at radius 2 is 2.00 bits per heavy atom. The average molecular weight is 291 g/mol. The highest BCUT2D eigenvalue weighted by Gasteiger charge is 2.04. The fourth-order valence-corrected chi connectivity index (χ4v) is 2.01. The molecular weight excluding hydrogens is 286 g/mol. The van der Waals surface area contributed by atoms with E-state index in [0.717, 1.165) is 14.5 Å². The number of hydrogen-bond acceptors (Lipinski definition) is 2. The number of hydrogen-bond donors (Lipinski definition) is 1. The maximum atomic E-state index is 8.87. The lowest BCUT2D eigenvalue weighted by Gasteiger charge is -2.02. The van der Waals surface area contributed by atoms with Crippen LogP contribution < -0.4 is 0 Å². The highest BCUT2D eigenvalue weighted by molar-refractivity contribution is 9.11. The molecule has 0 fully saturated rings. The first-order valence-corrected chi connectivity index (χ1v) is 4.76. The van der Waals surface area contributed by atoms with Crippen molar-refractivity contribution >= 4 is 31.9 Å². The molecule has 2 nitrogen and oxygen atoms in total. The van der Waals surface area contributed by atoms with Crippen LogP contribution in [0, 0.1) is 11.3 Å². The van der Waals surface area contributed by atoms with Crippen LogP contribution in [0.2, 0.25) is 0 Å². The number of nitrogens with zero attached hydrogens (tertiary/aromatic N) is 1. The topological polar surface area (TPSA) is 44.0 Å². The lowest BCUT2D eigenvalue weighted by atomic mass is 10.1. The number of benzene rings is 1. The standard InChI is InChI=1S/C8H5Br2NO/c9-7-2-8(10)6(4-12)1-5(7)3-11/h1-2,12H,4H2. The zero-order valence-corrected chi connectivity index (χ0v) is 9.18. The molecule has 4 heteroatoms. The summed E-state index contributed by atoms with van der Waals surface area (Å²) in [5, 5.41) is 17.5. The SMILES string of the molecule is N#Cc1cc(CO)c(Br)cc1Br. The van der Waals surface area contributed by atoms with E-state index in [1.165, 1.54) is 0 Å². The van der Waals surface area contributed by atoms with Crippen LogP contribution in [0.15, 0.2) is 21.1 Å². The third kappa shape index (κ3) is 1.86. The van der Waals surface area contributed by atoms with Gasteiger partial charge in [0, 0.05) is 8.95 Å². The Kier molecular flexibility index (Phi) is 3.27. The molecular formula is C8H5Br2NO. The Morgan fingerprint density at radius 3 is 2.50 bits per heavy atom. The first-order valence-electron chi connectivity index (χ1n) is 3.18. The predicted octanol–water partition coefficient (Wildman–Crippen LogP) is 2.58. The Bertz CT molecular complexity index is 344. The Hall–Kier alpha value is -0.370. The second-order valence-corrected chi connectivity index (χ2v) is 3.90. The third-order valence-corrected chi connectivity index (χ3v) is 2.82. The molecule has 12 heavy (non-hydrogen) atoms. The Morgan fingerprint density at radius 1 is 1.33 bits per heavy atom. The van der Waals surface area contributed by atoms with Gasteiger partial charge in [0.25, 0.3) is 0 Å². The summed E-state index contributed by atoms with van der Waals surface area (Å²) in [6.45, 7) is -0.0669. The molecule has 0 unspecified atom stereocenters. The smallest absolute Gasteiger partial charge is 0.100 e. The number of nitriles is 1. The van der Waals surface area contributed by atoms with Crippen LogP contribution in [-0.4, -0.2) is 5.11 Å². The molecule has 0 radical (unpaired) electrons. The van der Waals surface area contributed by atoms with Gasteiger partial charge in [-0.3, -0.25) is 0 Å². The van der Waals surface area contributed by atoms with Crippen LogP contribution in [0.1, 0.15) is 11.1 Å². The van der Waals surface area contributed by atoms with Gasteiger partial charge < -0.3 is 5.11 Å². The van der Waals surface area contributed by atoms with Crippen molar-refractivity contribution in [1.82, 2.24) is 0 Å². The van der Waals surface area contributed by atoms with Gasteiger partial charge in [-0.15, -0.1) is 0 Å². The van der Waals surface area contributed by atoms with Gasteiger partial charge in [0.2, 0.25) is 0 Å². The minimum atomic E-state index is -0.0669. The van der Waals surface area contributed by atoms with Crippen molar-refractivity contribution in [1.29, 1.82) is 5.26 Å². The van der Waals surface area contributed by atoms with E-state index in [-0.39, 0.29) is 6.61 Å². The second-order valence-electron chi connectivity index (χ2n) is 2.19. The number of halogens is 2. The lowest BCUT2D eigenvalue weighted by Crippen LogP contribution is -1.88. The Balaban J connectivity index is 3.30. The molecule has 62 valence electrons. The van der Waals surface area contributed by atoms with Crippen LogP contribution in [0.4, 0.5) is 0 Å². The molecule has 0 amide bonds. The largest absolute Gasteiger partial charge is 0.392 e. The van der Waals surface area contributed by atoms with E-state index in [1.807, 2.05) is 6.07 Å². The van der Waals surface area contributed by atoms with Gasteiger partial charge in [0.1, 0.15) is 6.07 Å². The van der Waals surface area contributed by atoms with Crippen LogP contribution in [0.3, 0.4) is 0 Å². The lowest BCUT2D eigenvalue weighted by molar-refractivity contribution is 0.281. The molecule has 0 aliphatic rings. The monoisotopic (exact) mass is 289 g/mol. The number of rotatable bonds is 1. The molecule has 0 bridgehead atoms. The Labute approximate surface area is 87.1 Å². The highest BCUT2D eigenvalue weighted by atomic mass is 79.9. The summed E-state index contributed by atoms with van der Waals surface area (Å²) in [7, 11) is 0. The fraction of sp³-hybridized carbons (Fsp3) is 0.125. The zero-order valence-electron chi connectivity index (χ0n) is 6.01. The van der Waals surface area contributed by atoms with Gasteiger partial charge >= 0.3 is 0 Å². The van der Waals surface area contributed by atoms with Gasteiger partial charge in [-0.2, -0.15) is 5.26 Å². The molecule has 0 atom stereocenters. The molecule has 0 heterocycles. The first-order chi connectivity index (χ1) is 5.69. The van der Waals surface area contributed by atoms with Crippen molar-refractivity contribution in [2.45, 2.75) is 6.61 Å². The minimum Gasteiger partial charge on any atom is -0.392 e. The summed E-state index contributed by atoms with van der Waals surface area (Å²) in [6.07, 6.45) is 0. The number of aliphatic hydroxyl groups excluding tert-OH is 1. The van der Waals surface area contributed by atoms with E-state index in [1.54, 1.807) is 12.1 Å². The van der Waals surface area contributed by atoms with E-state index < -0.39 is 0 Å². The van der Waals surface area contributed by atoms with E-state index in [2.05, 4.69) is 31.9 Å². The third-order valence-electron chi connectivity index (χ3n) is 1.43. The normalized spacial score (nSPS) is 9.50. The van der Waals surface area contributed by atoms with Gasteiger partial charge in [0.05, 0.1) is 12.2 Å². The van der Waals surface area contributed by atoms with E-state index in [0.29, 0.717) is 5.56 Å². The second kappa shape index (κ2) is 4.04. The van der Waals surface area contributed by atoms with Crippen molar-refractivity contribution < 1.29 is 5.11 Å². The molecule has 0 aliphatic heterocycles. The van der Waals surface area contributed by atoms with Gasteiger partial charge in [-0.25, -0.2) is 0 Å². The molecule has 0 saturated carbocycles. The molecule has 1 rings (SSSR count). The summed E-state index contributed by atoms with van der Waals surface area (Å²) < 4.78 is 1.53. The summed E-state index contributed by atoms with van der Waals surface area (Å²) in [4.78, 5) is 0. The zero-order chi connectivity index (χ0) is 9.14. The van der Waals surface area contributed by atoms with E-state index in [9.17, 15) is 0 Å². The van der Waals surface area contributed by atoms with Crippen LogP contribution >= 0.6 is 31.9 Å². The highest BCUT2D eigenvalue weighted by Crippen LogP contribution is 2.25.